The van der Waals surface area contributed by atoms with Gasteiger partial charge in [0.1, 0.15) is 11.6 Å². The third kappa shape index (κ3) is 4.04. The van der Waals surface area contributed by atoms with E-state index in [1.54, 1.807) is 6.07 Å². The fraction of sp³-hybridized carbons (Fsp3) is 0.458. The lowest BCUT2D eigenvalue weighted by molar-refractivity contribution is -0.119. The first-order valence-electron chi connectivity index (χ1n) is 11.1. The van der Waals surface area contributed by atoms with E-state index in [1.807, 2.05) is 23.1 Å². The van der Waals surface area contributed by atoms with Gasteiger partial charge < -0.3 is 14.7 Å². The van der Waals surface area contributed by atoms with E-state index >= 15 is 0 Å². The van der Waals surface area contributed by atoms with Gasteiger partial charge in [0.05, 0.1) is 0 Å². The Bertz CT molecular complexity index is 930. The van der Waals surface area contributed by atoms with E-state index in [2.05, 4.69) is 14.7 Å². The number of rotatable bonds is 5. The van der Waals surface area contributed by atoms with Crippen molar-refractivity contribution in [2.45, 2.75) is 18.4 Å². The maximum atomic E-state index is 14.1. The van der Waals surface area contributed by atoms with Crippen molar-refractivity contribution in [3.8, 4) is 0 Å². The smallest absolute Gasteiger partial charge is 0.209 e. The minimum Gasteiger partial charge on any atom is -0.343 e. The molecule has 5 rings (SSSR count). The number of piperidine rings is 1. The summed E-state index contributed by atoms with van der Waals surface area (Å²) in [6.45, 7) is 7.29. The SMILES string of the molecule is O=CN1CCN(CCN2CCC3C(C2)c2cc(F)ccc2N3c2ccc(F)cc2)CC1. The Hall–Kier alpha value is -2.51. The van der Waals surface area contributed by atoms with Crippen LogP contribution in [0.3, 0.4) is 0 Å². The number of nitrogens with zero attached hydrogens (tertiary/aromatic N) is 4. The second kappa shape index (κ2) is 8.55. The molecule has 0 saturated carbocycles. The first kappa shape index (κ1) is 20.4. The average Bonchev–Trinajstić information content (AvgIpc) is 3.11. The molecule has 7 heteroatoms. The van der Waals surface area contributed by atoms with E-state index in [-0.39, 0.29) is 23.6 Å². The van der Waals surface area contributed by atoms with Gasteiger partial charge in [0, 0.05) is 75.7 Å². The second-order valence-electron chi connectivity index (χ2n) is 8.80. The maximum absolute atomic E-state index is 14.1. The summed E-state index contributed by atoms with van der Waals surface area (Å²) in [6, 6.07) is 11.9. The standard InChI is InChI=1S/C24H28F2N4O/c25-18-1-4-20(5-2-18)30-23-6-3-19(26)15-21(23)22-16-28(8-7-24(22)30)12-9-27-10-13-29(17-31)14-11-27/h1-6,15,17,22,24H,7-14,16H2. The highest BCUT2D eigenvalue weighted by Crippen LogP contribution is 2.48. The van der Waals surface area contributed by atoms with Crippen molar-refractivity contribution in [2.24, 2.45) is 0 Å². The lowest BCUT2D eigenvalue weighted by Crippen LogP contribution is -2.50. The number of benzene rings is 2. The van der Waals surface area contributed by atoms with Gasteiger partial charge in [-0.3, -0.25) is 9.69 Å². The van der Waals surface area contributed by atoms with Crippen molar-refractivity contribution in [3.63, 3.8) is 0 Å². The van der Waals surface area contributed by atoms with Crippen molar-refractivity contribution in [2.75, 3.05) is 57.3 Å². The summed E-state index contributed by atoms with van der Waals surface area (Å²) in [4.78, 5) is 19.9. The van der Waals surface area contributed by atoms with Crippen LogP contribution in [0.5, 0.6) is 0 Å². The Morgan fingerprint density at radius 3 is 2.32 bits per heavy atom. The largest absolute Gasteiger partial charge is 0.343 e. The summed E-state index contributed by atoms with van der Waals surface area (Å²) in [5, 5.41) is 0. The predicted octanol–water partition coefficient (Wildman–Crippen LogP) is 3.05. The van der Waals surface area contributed by atoms with Gasteiger partial charge in [0.15, 0.2) is 0 Å². The normalized spacial score (nSPS) is 24.2. The number of hydrogen-bond donors (Lipinski definition) is 0. The van der Waals surface area contributed by atoms with Crippen LogP contribution >= 0.6 is 0 Å². The highest BCUT2D eigenvalue weighted by molar-refractivity contribution is 5.73. The lowest BCUT2D eigenvalue weighted by atomic mass is 9.89. The van der Waals surface area contributed by atoms with Crippen molar-refractivity contribution in [1.29, 1.82) is 0 Å². The summed E-state index contributed by atoms with van der Waals surface area (Å²) >= 11 is 0. The fourth-order valence-electron chi connectivity index (χ4n) is 5.35. The van der Waals surface area contributed by atoms with Gasteiger partial charge in [-0.2, -0.15) is 0 Å². The van der Waals surface area contributed by atoms with Crippen LogP contribution in [-0.2, 0) is 4.79 Å². The molecule has 2 unspecified atom stereocenters. The topological polar surface area (TPSA) is 30.0 Å². The molecule has 2 saturated heterocycles. The maximum Gasteiger partial charge on any atom is 0.209 e. The Balaban J connectivity index is 1.30. The van der Waals surface area contributed by atoms with Crippen LogP contribution in [0.2, 0.25) is 0 Å². The summed E-state index contributed by atoms with van der Waals surface area (Å²) in [5.41, 5.74) is 3.05. The molecule has 0 bridgehead atoms. The van der Waals surface area contributed by atoms with Gasteiger partial charge in [0.25, 0.3) is 0 Å². The number of likely N-dealkylation sites (tertiary alicyclic amines) is 1. The molecule has 5 nitrogen and oxygen atoms in total. The molecule has 2 atom stereocenters. The van der Waals surface area contributed by atoms with Crippen molar-refractivity contribution in [3.05, 3.63) is 59.7 Å². The summed E-state index contributed by atoms with van der Waals surface area (Å²) in [5.74, 6) is -0.220. The Kier molecular flexibility index (Phi) is 5.63. The third-order valence-corrected chi connectivity index (χ3v) is 7.03. The Labute approximate surface area is 181 Å². The van der Waals surface area contributed by atoms with Crippen LogP contribution in [0.15, 0.2) is 42.5 Å². The highest BCUT2D eigenvalue weighted by atomic mass is 19.1. The molecule has 1 amide bonds. The molecule has 3 aliphatic heterocycles. The molecule has 0 N–H and O–H groups in total. The van der Waals surface area contributed by atoms with Crippen LogP contribution in [0.1, 0.15) is 17.9 Å². The number of carbonyl (C=O) groups excluding carboxylic acids is 1. The number of carbonyl (C=O) groups is 1. The van der Waals surface area contributed by atoms with Crippen molar-refractivity contribution >= 4 is 17.8 Å². The molecule has 3 aliphatic rings. The first-order chi connectivity index (χ1) is 15.1. The van der Waals surface area contributed by atoms with Crippen LogP contribution < -0.4 is 4.90 Å². The van der Waals surface area contributed by atoms with E-state index in [9.17, 15) is 13.6 Å². The summed E-state index contributed by atoms with van der Waals surface area (Å²) in [6.07, 6.45) is 1.92. The van der Waals surface area contributed by atoms with Gasteiger partial charge in [-0.25, -0.2) is 8.78 Å². The molecule has 2 fully saturated rings. The monoisotopic (exact) mass is 426 g/mol. The number of amides is 1. The zero-order valence-electron chi connectivity index (χ0n) is 17.6. The number of halogens is 2. The number of hydrogen-bond acceptors (Lipinski definition) is 4. The molecule has 0 aromatic heterocycles. The minimum atomic E-state index is -0.248. The average molecular weight is 427 g/mol. The zero-order valence-corrected chi connectivity index (χ0v) is 17.6. The van der Waals surface area contributed by atoms with Gasteiger partial charge >= 0.3 is 0 Å². The number of anilines is 2. The van der Waals surface area contributed by atoms with E-state index in [0.717, 1.165) is 82.1 Å². The lowest BCUT2D eigenvalue weighted by Gasteiger charge is -2.40. The van der Waals surface area contributed by atoms with Gasteiger partial charge in [-0.05, 0) is 54.4 Å². The molecule has 0 spiro atoms. The molecular weight excluding hydrogens is 398 g/mol. The van der Waals surface area contributed by atoms with Gasteiger partial charge in [-0.1, -0.05) is 0 Å². The van der Waals surface area contributed by atoms with Gasteiger partial charge in [0.2, 0.25) is 6.41 Å². The minimum absolute atomic E-state index is 0.205. The molecule has 0 radical (unpaired) electrons. The zero-order chi connectivity index (χ0) is 21.4. The van der Waals surface area contributed by atoms with Crippen LogP contribution in [-0.4, -0.2) is 79.5 Å². The molecule has 2 aromatic rings. The molecular formula is C24H28F2N4O. The van der Waals surface area contributed by atoms with E-state index < -0.39 is 0 Å². The first-order valence-corrected chi connectivity index (χ1v) is 11.1. The quantitative estimate of drug-likeness (QED) is 0.688. The van der Waals surface area contributed by atoms with Crippen molar-refractivity contribution < 1.29 is 13.6 Å². The highest BCUT2D eigenvalue weighted by Gasteiger charge is 2.42. The van der Waals surface area contributed by atoms with E-state index in [0.29, 0.717) is 0 Å². The second-order valence-corrected chi connectivity index (χ2v) is 8.80. The summed E-state index contributed by atoms with van der Waals surface area (Å²) < 4.78 is 27.6. The molecule has 164 valence electrons. The molecule has 2 aromatic carbocycles. The summed E-state index contributed by atoms with van der Waals surface area (Å²) in [7, 11) is 0. The number of fused-ring (bicyclic) bond motifs is 3. The van der Waals surface area contributed by atoms with E-state index in [1.165, 1.54) is 18.2 Å². The Morgan fingerprint density at radius 1 is 0.871 bits per heavy atom. The van der Waals surface area contributed by atoms with Gasteiger partial charge in [-0.15, -0.1) is 0 Å². The fourth-order valence-corrected chi connectivity index (χ4v) is 5.35. The molecule has 0 aliphatic carbocycles. The van der Waals surface area contributed by atoms with Crippen LogP contribution in [0.4, 0.5) is 20.2 Å². The van der Waals surface area contributed by atoms with Crippen LogP contribution in [0, 0.1) is 11.6 Å². The predicted molar refractivity (Wildman–Crippen MR) is 117 cm³/mol. The molecule has 31 heavy (non-hydrogen) atoms. The number of piperazine rings is 1. The van der Waals surface area contributed by atoms with E-state index in [4.69, 9.17) is 0 Å². The van der Waals surface area contributed by atoms with Crippen LogP contribution in [0.25, 0.3) is 0 Å². The Morgan fingerprint density at radius 2 is 1.58 bits per heavy atom. The van der Waals surface area contributed by atoms with Crippen molar-refractivity contribution in [1.82, 2.24) is 14.7 Å². The third-order valence-electron chi connectivity index (χ3n) is 7.03. The molecule has 3 heterocycles.